The number of nitrogens with one attached hydrogen (secondary N) is 2. The molecule has 1 fully saturated rings. The Bertz CT molecular complexity index is 477. The lowest BCUT2D eigenvalue weighted by Crippen LogP contribution is -2.33. The van der Waals surface area contributed by atoms with Crippen molar-refractivity contribution in [2.45, 2.75) is 31.9 Å². The highest BCUT2D eigenvalue weighted by molar-refractivity contribution is 5.75. The first kappa shape index (κ1) is 15.9. The van der Waals surface area contributed by atoms with Crippen molar-refractivity contribution in [3.05, 3.63) is 35.4 Å². The molecule has 0 saturated carbocycles. The molecule has 2 N–H and O–H groups in total. The molecule has 0 spiro atoms. The van der Waals surface area contributed by atoms with Crippen LogP contribution in [-0.2, 0) is 16.1 Å². The monoisotopic (exact) mass is 298 g/mol. The first-order valence-electron chi connectivity index (χ1n) is 7.18. The van der Waals surface area contributed by atoms with Crippen molar-refractivity contribution >= 4 is 5.91 Å². The second-order valence-electron chi connectivity index (χ2n) is 5.10. The number of rotatable bonds is 6. The summed E-state index contributed by atoms with van der Waals surface area (Å²) < 4.78 is 31.4. The molecule has 1 saturated heterocycles. The van der Waals surface area contributed by atoms with Crippen molar-refractivity contribution in [2.24, 2.45) is 0 Å². The Hall–Kier alpha value is -1.53. The third kappa shape index (κ3) is 5.40. The Labute approximate surface area is 122 Å². The summed E-state index contributed by atoms with van der Waals surface area (Å²) in [6.45, 7) is 2.47. The Morgan fingerprint density at radius 1 is 1.29 bits per heavy atom. The predicted octanol–water partition coefficient (Wildman–Crippen LogP) is 1.74. The molecule has 1 aromatic rings. The minimum atomic E-state index is -0.906. The molecule has 0 unspecified atom stereocenters. The topological polar surface area (TPSA) is 50.4 Å². The average Bonchev–Trinajstić information content (AvgIpc) is 2.49. The number of hydrogen-bond acceptors (Lipinski definition) is 3. The zero-order chi connectivity index (χ0) is 15.1. The van der Waals surface area contributed by atoms with Gasteiger partial charge in [0.25, 0.3) is 0 Å². The van der Waals surface area contributed by atoms with Crippen LogP contribution in [0.3, 0.4) is 0 Å². The van der Waals surface area contributed by atoms with E-state index in [4.69, 9.17) is 4.74 Å². The zero-order valence-corrected chi connectivity index (χ0v) is 11.8. The molecule has 1 aliphatic heterocycles. The van der Waals surface area contributed by atoms with Gasteiger partial charge in [-0.15, -0.1) is 0 Å². The summed E-state index contributed by atoms with van der Waals surface area (Å²) in [5.74, 6) is -1.95. The molecule has 4 nitrogen and oxygen atoms in total. The van der Waals surface area contributed by atoms with E-state index in [9.17, 15) is 13.6 Å². The van der Waals surface area contributed by atoms with Gasteiger partial charge >= 0.3 is 0 Å². The number of carbonyl (C=O) groups is 1. The molecular formula is C15H20F2N2O2. The largest absolute Gasteiger partial charge is 0.378 e. The van der Waals surface area contributed by atoms with Crippen molar-refractivity contribution in [1.29, 1.82) is 0 Å². The van der Waals surface area contributed by atoms with Crippen LogP contribution in [0.2, 0.25) is 0 Å². The van der Waals surface area contributed by atoms with E-state index >= 15 is 0 Å². The van der Waals surface area contributed by atoms with E-state index in [-0.39, 0.29) is 25.0 Å². The number of amides is 1. The predicted molar refractivity (Wildman–Crippen MR) is 74.7 cm³/mol. The Kier molecular flexibility index (Phi) is 6.07. The van der Waals surface area contributed by atoms with E-state index in [0.29, 0.717) is 12.2 Å². The molecule has 1 aromatic carbocycles. The Morgan fingerprint density at radius 2 is 2.05 bits per heavy atom. The van der Waals surface area contributed by atoms with Gasteiger partial charge in [0, 0.05) is 13.0 Å². The van der Waals surface area contributed by atoms with Gasteiger partial charge < -0.3 is 15.4 Å². The third-order valence-corrected chi connectivity index (χ3v) is 3.44. The van der Waals surface area contributed by atoms with Gasteiger partial charge in [-0.05, 0) is 43.6 Å². The molecule has 0 aromatic heterocycles. The molecule has 0 aliphatic carbocycles. The van der Waals surface area contributed by atoms with E-state index in [1.807, 2.05) is 0 Å². The maximum Gasteiger partial charge on any atom is 0.222 e. The SMILES string of the molecule is O=C(CCOC1CCNCC1)NCc1ccc(F)c(F)c1. The quantitative estimate of drug-likeness (QED) is 0.841. The summed E-state index contributed by atoms with van der Waals surface area (Å²) in [6.07, 6.45) is 2.44. The second kappa shape index (κ2) is 8.05. The lowest BCUT2D eigenvalue weighted by Gasteiger charge is -2.22. The molecule has 0 atom stereocenters. The van der Waals surface area contributed by atoms with Crippen LogP contribution in [0.4, 0.5) is 8.78 Å². The van der Waals surface area contributed by atoms with Gasteiger partial charge in [-0.3, -0.25) is 4.79 Å². The van der Waals surface area contributed by atoms with Crippen molar-refractivity contribution in [3.8, 4) is 0 Å². The maximum atomic E-state index is 13.0. The fraction of sp³-hybridized carbons (Fsp3) is 0.533. The van der Waals surface area contributed by atoms with E-state index < -0.39 is 11.6 Å². The van der Waals surface area contributed by atoms with Gasteiger partial charge in [0.1, 0.15) is 0 Å². The Morgan fingerprint density at radius 3 is 2.76 bits per heavy atom. The number of benzene rings is 1. The van der Waals surface area contributed by atoms with Crippen LogP contribution in [0.1, 0.15) is 24.8 Å². The first-order valence-corrected chi connectivity index (χ1v) is 7.18. The highest BCUT2D eigenvalue weighted by Gasteiger charge is 2.13. The molecule has 21 heavy (non-hydrogen) atoms. The molecule has 1 amide bonds. The molecule has 0 bridgehead atoms. The fourth-order valence-corrected chi connectivity index (χ4v) is 2.22. The second-order valence-corrected chi connectivity index (χ2v) is 5.10. The van der Waals surface area contributed by atoms with E-state index in [2.05, 4.69) is 10.6 Å². The summed E-state index contributed by atoms with van der Waals surface area (Å²) in [5, 5.41) is 5.91. The average molecular weight is 298 g/mol. The summed E-state index contributed by atoms with van der Waals surface area (Å²) >= 11 is 0. The molecule has 2 rings (SSSR count). The van der Waals surface area contributed by atoms with Gasteiger partial charge in [0.15, 0.2) is 11.6 Å². The van der Waals surface area contributed by atoms with Crippen LogP contribution in [-0.4, -0.2) is 31.7 Å². The van der Waals surface area contributed by atoms with E-state index in [1.54, 1.807) is 0 Å². The summed E-state index contributed by atoms with van der Waals surface area (Å²) in [4.78, 5) is 11.6. The maximum absolute atomic E-state index is 13.0. The van der Waals surface area contributed by atoms with Crippen molar-refractivity contribution < 1.29 is 18.3 Å². The van der Waals surface area contributed by atoms with Crippen molar-refractivity contribution in [3.63, 3.8) is 0 Å². The highest BCUT2D eigenvalue weighted by Crippen LogP contribution is 2.09. The molecule has 6 heteroatoms. The zero-order valence-electron chi connectivity index (χ0n) is 11.8. The number of carbonyl (C=O) groups excluding carboxylic acids is 1. The van der Waals surface area contributed by atoms with Gasteiger partial charge in [0.05, 0.1) is 12.7 Å². The van der Waals surface area contributed by atoms with Crippen molar-refractivity contribution in [2.75, 3.05) is 19.7 Å². The molecule has 1 aliphatic rings. The standard InChI is InChI=1S/C15H20F2N2O2/c16-13-2-1-11(9-14(13)17)10-19-15(20)5-8-21-12-3-6-18-7-4-12/h1-2,9,12,18H,3-8,10H2,(H,19,20). The highest BCUT2D eigenvalue weighted by atomic mass is 19.2. The third-order valence-electron chi connectivity index (χ3n) is 3.44. The van der Waals surface area contributed by atoms with E-state index in [0.717, 1.165) is 38.1 Å². The van der Waals surface area contributed by atoms with E-state index in [1.165, 1.54) is 6.07 Å². The van der Waals surface area contributed by atoms with Gasteiger partial charge in [0.2, 0.25) is 5.91 Å². The number of hydrogen-bond donors (Lipinski definition) is 2. The molecule has 1 heterocycles. The lowest BCUT2D eigenvalue weighted by molar-refractivity contribution is -0.122. The number of piperidine rings is 1. The fourth-order valence-electron chi connectivity index (χ4n) is 2.22. The minimum Gasteiger partial charge on any atom is -0.378 e. The molecular weight excluding hydrogens is 278 g/mol. The van der Waals surface area contributed by atoms with Crippen LogP contribution in [0.5, 0.6) is 0 Å². The van der Waals surface area contributed by atoms with Gasteiger partial charge in [-0.2, -0.15) is 0 Å². The summed E-state index contributed by atoms with van der Waals surface area (Å²) in [7, 11) is 0. The van der Waals surface area contributed by atoms with Crippen molar-refractivity contribution in [1.82, 2.24) is 10.6 Å². The normalized spacial score (nSPS) is 15.9. The van der Waals surface area contributed by atoms with Crippen LogP contribution < -0.4 is 10.6 Å². The van der Waals surface area contributed by atoms with Crippen LogP contribution >= 0.6 is 0 Å². The Balaban J connectivity index is 1.63. The summed E-state index contributed by atoms with van der Waals surface area (Å²) in [6, 6.07) is 3.59. The molecule has 0 radical (unpaired) electrons. The van der Waals surface area contributed by atoms with Crippen LogP contribution in [0.15, 0.2) is 18.2 Å². The molecule has 116 valence electrons. The smallest absolute Gasteiger partial charge is 0.222 e. The minimum absolute atomic E-state index is 0.159. The number of halogens is 2. The summed E-state index contributed by atoms with van der Waals surface area (Å²) in [5.41, 5.74) is 0.529. The van der Waals surface area contributed by atoms with Crippen LogP contribution in [0.25, 0.3) is 0 Å². The lowest BCUT2D eigenvalue weighted by atomic mass is 10.1. The van der Waals surface area contributed by atoms with Crippen LogP contribution in [0, 0.1) is 11.6 Å². The number of ether oxygens (including phenoxy) is 1. The van der Waals surface area contributed by atoms with Gasteiger partial charge in [-0.25, -0.2) is 8.78 Å². The van der Waals surface area contributed by atoms with Gasteiger partial charge in [-0.1, -0.05) is 6.07 Å². The first-order chi connectivity index (χ1) is 10.1.